The Hall–Kier alpha value is -0.880. The molecule has 2 heterocycles. The van der Waals surface area contributed by atoms with Gasteiger partial charge in [0, 0.05) is 32.2 Å². The van der Waals surface area contributed by atoms with Gasteiger partial charge in [0.1, 0.15) is 5.15 Å². The van der Waals surface area contributed by atoms with E-state index in [1.807, 2.05) is 30.5 Å². The molecule has 3 nitrogen and oxygen atoms in total. The number of rotatable bonds is 2. The highest BCUT2D eigenvalue weighted by molar-refractivity contribution is 9.10. The second kappa shape index (κ2) is 6.08. The topological polar surface area (TPSA) is 38.7 Å². The molecule has 0 saturated heterocycles. The molecule has 3 aromatic rings. The number of halogens is 3. The van der Waals surface area contributed by atoms with Crippen molar-refractivity contribution in [2.75, 3.05) is 6.26 Å². The normalized spacial score (nSPS) is 11.0. The highest BCUT2D eigenvalue weighted by Gasteiger charge is 2.12. The molecule has 21 heavy (non-hydrogen) atoms. The summed E-state index contributed by atoms with van der Waals surface area (Å²) in [6.07, 6.45) is 3.66. The Labute approximate surface area is 144 Å². The third-order valence-electron chi connectivity index (χ3n) is 2.90. The Kier molecular flexibility index (Phi) is 4.36. The molecule has 0 saturated carbocycles. The lowest BCUT2D eigenvalue weighted by molar-refractivity contribution is 0.992. The van der Waals surface area contributed by atoms with Crippen LogP contribution < -0.4 is 0 Å². The van der Waals surface area contributed by atoms with Crippen LogP contribution in [0.3, 0.4) is 0 Å². The van der Waals surface area contributed by atoms with E-state index < -0.39 is 0 Å². The van der Waals surface area contributed by atoms with Gasteiger partial charge in [-0.1, -0.05) is 57.0 Å². The van der Waals surface area contributed by atoms with Gasteiger partial charge in [-0.05, 0) is 24.5 Å². The second-order valence-electron chi connectivity index (χ2n) is 4.22. The van der Waals surface area contributed by atoms with E-state index in [0.717, 1.165) is 21.0 Å². The number of pyridine rings is 1. The Morgan fingerprint density at radius 3 is 2.62 bits per heavy atom. The minimum absolute atomic E-state index is 0.373. The molecule has 0 N–H and O–H groups in total. The lowest BCUT2D eigenvalue weighted by Gasteiger charge is -2.08. The van der Waals surface area contributed by atoms with Crippen LogP contribution in [0.5, 0.6) is 0 Å². The average Bonchev–Trinajstić information content (AvgIpc) is 2.46. The van der Waals surface area contributed by atoms with Crippen molar-refractivity contribution in [2.24, 2.45) is 0 Å². The molecule has 0 fully saturated rings. The van der Waals surface area contributed by atoms with Gasteiger partial charge < -0.3 is 0 Å². The van der Waals surface area contributed by atoms with Gasteiger partial charge in [0.2, 0.25) is 0 Å². The van der Waals surface area contributed by atoms with E-state index in [0.29, 0.717) is 21.0 Å². The molecule has 2 aromatic heterocycles. The summed E-state index contributed by atoms with van der Waals surface area (Å²) >= 11 is 17.4. The molecule has 0 bridgehead atoms. The standard InChI is InChI=1S/C14H8BrCl2N3S/c1-21-14-18-6-7-4-10(12(17)19-13(7)20-14)9-3-2-8(15)5-11(9)16/h2-6H,1H3. The van der Waals surface area contributed by atoms with Gasteiger partial charge in [0.05, 0.1) is 0 Å². The predicted octanol–water partition coefficient (Wildman–Crippen LogP) is 5.48. The fraction of sp³-hybridized carbons (Fsp3) is 0.0714. The van der Waals surface area contributed by atoms with Crippen LogP contribution in [0.2, 0.25) is 10.2 Å². The maximum atomic E-state index is 6.30. The van der Waals surface area contributed by atoms with Gasteiger partial charge in [-0.3, -0.25) is 0 Å². The zero-order valence-corrected chi connectivity index (χ0v) is 14.7. The van der Waals surface area contributed by atoms with Crippen molar-refractivity contribution >= 4 is 61.9 Å². The molecule has 3 rings (SSSR count). The van der Waals surface area contributed by atoms with Crippen molar-refractivity contribution in [3.8, 4) is 11.1 Å². The molecule has 106 valence electrons. The third-order valence-corrected chi connectivity index (χ3v) is 4.56. The largest absolute Gasteiger partial charge is 0.230 e. The van der Waals surface area contributed by atoms with Gasteiger partial charge in [-0.2, -0.15) is 0 Å². The van der Waals surface area contributed by atoms with E-state index in [1.54, 1.807) is 6.20 Å². The Morgan fingerprint density at radius 1 is 1.10 bits per heavy atom. The number of benzene rings is 1. The van der Waals surface area contributed by atoms with Crippen LogP contribution in [-0.2, 0) is 0 Å². The van der Waals surface area contributed by atoms with E-state index >= 15 is 0 Å². The molecule has 0 aliphatic carbocycles. The quantitative estimate of drug-likeness (QED) is 0.324. The fourth-order valence-corrected chi connectivity index (χ4v) is 3.27. The number of hydrogen-bond donors (Lipinski definition) is 0. The SMILES string of the molecule is CSc1ncc2cc(-c3ccc(Br)cc3Cl)c(Cl)nc2n1. The Morgan fingerprint density at radius 2 is 1.90 bits per heavy atom. The van der Waals surface area contributed by atoms with Crippen LogP contribution >= 0.6 is 50.9 Å². The van der Waals surface area contributed by atoms with Crippen LogP contribution in [0.1, 0.15) is 0 Å². The molecule has 0 radical (unpaired) electrons. The molecule has 0 aliphatic rings. The van der Waals surface area contributed by atoms with Crippen LogP contribution in [0.4, 0.5) is 0 Å². The van der Waals surface area contributed by atoms with Crippen molar-refractivity contribution in [3.05, 3.63) is 45.1 Å². The van der Waals surface area contributed by atoms with Gasteiger partial charge in [0.25, 0.3) is 0 Å². The van der Waals surface area contributed by atoms with E-state index in [9.17, 15) is 0 Å². The van der Waals surface area contributed by atoms with Crippen molar-refractivity contribution in [3.63, 3.8) is 0 Å². The van der Waals surface area contributed by atoms with Crippen LogP contribution in [0.15, 0.2) is 40.1 Å². The highest BCUT2D eigenvalue weighted by atomic mass is 79.9. The summed E-state index contributed by atoms with van der Waals surface area (Å²) in [5.74, 6) is 0. The molecule has 0 aliphatic heterocycles. The molecular weight excluding hydrogens is 393 g/mol. The zero-order valence-electron chi connectivity index (χ0n) is 10.8. The smallest absolute Gasteiger partial charge is 0.189 e. The minimum atomic E-state index is 0.373. The Balaban J connectivity index is 2.21. The number of thioether (sulfide) groups is 1. The molecule has 0 unspecified atom stereocenters. The van der Waals surface area contributed by atoms with E-state index in [-0.39, 0.29) is 0 Å². The molecular formula is C14H8BrCl2N3S. The van der Waals surface area contributed by atoms with Crippen LogP contribution in [0.25, 0.3) is 22.2 Å². The second-order valence-corrected chi connectivity index (χ2v) is 6.67. The van der Waals surface area contributed by atoms with Gasteiger partial charge in [-0.25, -0.2) is 15.0 Å². The first kappa shape index (κ1) is 15.0. The summed E-state index contributed by atoms with van der Waals surface area (Å²) in [6, 6.07) is 7.54. The van der Waals surface area contributed by atoms with Crippen molar-refractivity contribution in [1.82, 2.24) is 15.0 Å². The number of nitrogens with zero attached hydrogens (tertiary/aromatic N) is 3. The minimum Gasteiger partial charge on any atom is -0.230 e. The average molecular weight is 401 g/mol. The predicted molar refractivity (Wildman–Crippen MR) is 92.3 cm³/mol. The lowest BCUT2D eigenvalue weighted by atomic mass is 10.1. The first-order valence-electron chi connectivity index (χ1n) is 5.91. The number of hydrogen-bond acceptors (Lipinski definition) is 4. The van der Waals surface area contributed by atoms with Crippen LogP contribution in [0, 0.1) is 0 Å². The van der Waals surface area contributed by atoms with Gasteiger partial charge in [0.15, 0.2) is 10.8 Å². The van der Waals surface area contributed by atoms with E-state index in [1.165, 1.54) is 11.8 Å². The first-order valence-corrected chi connectivity index (χ1v) is 8.68. The van der Waals surface area contributed by atoms with E-state index in [4.69, 9.17) is 23.2 Å². The first-order chi connectivity index (χ1) is 10.1. The summed E-state index contributed by atoms with van der Waals surface area (Å²) in [6.45, 7) is 0. The number of fused-ring (bicyclic) bond motifs is 1. The summed E-state index contributed by atoms with van der Waals surface area (Å²) in [4.78, 5) is 13.0. The van der Waals surface area contributed by atoms with Crippen molar-refractivity contribution in [2.45, 2.75) is 5.16 Å². The summed E-state index contributed by atoms with van der Waals surface area (Å²) in [5, 5.41) is 2.47. The summed E-state index contributed by atoms with van der Waals surface area (Å²) in [7, 11) is 0. The molecule has 7 heteroatoms. The summed E-state index contributed by atoms with van der Waals surface area (Å²) in [5.41, 5.74) is 2.17. The van der Waals surface area contributed by atoms with Crippen LogP contribution in [-0.4, -0.2) is 21.2 Å². The van der Waals surface area contributed by atoms with Gasteiger partial charge >= 0.3 is 0 Å². The highest BCUT2D eigenvalue weighted by Crippen LogP contribution is 2.35. The van der Waals surface area contributed by atoms with Crippen molar-refractivity contribution < 1.29 is 0 Å². The molecule has 0 amide bonds. The maximum absolute atomic E-state index is 6.30. The molecule has 0 spiro atoms. The number of aromatic nitrogens is 3. The monoisotopic (exact) mass is 399 g/mol. The molecule has 0 atom stereocenters. The lowest BCUT2D eigenvalue weighted by Crippen LogP contribution is -1.93. The summed E-state index contributed by atoms with van der Waals surface area (Å²) < 4.78 is 0.911. The third kappa shape index (κ3) is 3.01. The van der Waals surface area contributed by atoms with Gasteiger partial charge in [-0.15, -0.1) is 0 Å². The maximum Gasteiger partial charge on any atom is 0.189 e. The molecule has 1 aromatic carbocycles. The fourth-order valence-electron chi connectivity index (χ4n) is 1.92. The van der Waals surface area contributed by atoms with E-state index in [2.05, 4.69) is 30.9 Å². The zero-order chi connectivity index (χ0) is 15.0. The van der Waals surface area contributed by atoms with Crippen molar-refractivity contribution in [1.29, 1.82) is 0 Å². The Bertz CT molecular complexity index is 842.